The van der Waals surface area contributed by atoms with Gasteiger partial charge in [-0.15, -0.1) is 22.7 Å². The molecule has 0 saturated carbocycles. The highest BCUT2D eigenvalue weighted by atomic mass is 32.2. The first-order valence-corrected chi connectivity index (χ1v) is 12.4. The van der Waals surface area contributed by atoms with Gasteiger partial charge < -0.3 is 10.6 Å². The number of hydrogen-bond donors (Lipinski definition) is 2. The standard InChI is InChI=1S/C20H19N3O4S3/c21-18(24)12-22-30(26,27)14-5-3-13(4-6-14)20(25)23-9-7-16-15(8-11-29-16)19(23)17-2-1-10-28-17/h1-6,8,10-11,19,22H,7,9,12H2,(H2,21,24)/t19-/m1/s1. The van der Waals surface area contributed by atoms with E-state index in [0.717, 1.165) is 16.9 Å². The Morgan fingerprint density at radius 3 is 2.53 bits per heavy atom. The number of rotatable bonds is 6. The van der Waals surface area contributed by atoms with Gasteiger partial charge in [-0.3, -0.25) is 9.59 Å². The molecule has 3 N–H and O–H groups in total. The summed E-state index contributed by atoms with van der Waals surface area (Å²) in [6, 6.07) is 11.6. The fraction of sp³-hybridized carbons (Fsp3) is 0.200. The van der Waals surface area contributed by atoms with Crippen LogP contribution in [0.15, 0.2) is 58.1 Å². The molecule has 3 aromatic rings. The Labute approximate surface area is 182 Å². The van der Waals surface area contributed by atoms with E-state index in [4.69, 9.17) is 5.73 Å². The minimum Gasteiger partial charge on any atom is -0.369 e. The average molecular weight is 462 g/mol. The van der Waals surface area contributed by atoms with Crippen LogP contribution < -0.4 is 10.5 Å². The summed E-state index contributed by atoms with van der Waals surface area (Å²) >= 11 is 3.32. The maximum atomic E-state index is 13.3. The quantitative estimate of drug-likeness (QED) is 0.587. The lowest BCUT2D eigenvalue weighted by molar-refractivity contribution is -0.116. The average Bonchev–Trinajstić information content (AvgIpc) is 3.43. The van der Waals surface area contributed by atoms with E-state index in [1.807, 2.05) is 22.4 Å². The third-order valence-corrected chi connectivity index (χ3v) is 8.23. The third-order valence-electron chi connectivity index (χ3n) is 4.89. The van der Waals surface area contributed by atoms with Crippen LogP contribution in [0.5, 0.6) is 0 Å². The van der Waals surface area contributed by atoms with E-state index in [1.54, 1.807) is 22.7 Å². The summed E-state index contributed by atoms with van der Waals surface area (Å²) in [6.45, 7) is 0.109. The van der Waals surface area contributed by atoms with Gasteiger partial charge in [-0.05, 0) is 59.1 Å². The van der Waals surface area contributed by atoms with Crippen molar-refractivity contribution in [3.63, 3.8) is 0 Å². The predicted octanol–water partition coefficient (Wildman–Crippen LogP) is 2.36. The van der Waals surface area contributed by atoms with Gasteiger partial charge in [-0.1, -0.05) is 6.07 Å². The predicted molar refractivity (Wildman–Crippen MR) is 116 cm³/mol. The molecule has 156 valence electrons. The van der Waals surface area contributed by atoms with Crippen LogP contribution in [-0.4, -0.2) is 38.2 Å². The second kappa shape index (κ2) is 8.31. The molecule has 0 radical (unpaired) electrons. The van der Waals surface area contributed by atoms with Crippen LogP contribution >= 0.6 is 22.7 Å². The molecule has 7 nitrogen and oxygen atoms in total. The zero-order chi connectivity index (χ0) is 21.3. The fourth-order valence-corrected chi connectivity index (χ4v) is 6.23. The number of carbonyl (C=O) groups is 2. The zero-order valence-corrected chi connectivity index (χ0v) is 18.2. The maximum absolute atomic E-state index is 13.3. The SMILES string of the molecule is NC(=O)CNS(=O)(=O)c1ccc(C(=O)N2CCc3sccc3[C@@H]2c2cccs2)cc1. The van der Waals surface area contributed by atoms with Gasteiger partial charge in [0.1, 0.15) is 0 Å². The Kier molecular flexibility index (Phi) is 5.74. The second-order valence-electron chi connectivity index (χ2n) is 6.78. The number of nitrogens with zero attached hydrogens (tertiary/aromatic N) is 1. The van der Waals surface area contributed by atoms with Gasteiger partial charge in [-0.2, -0.15) is 0 Å². The Morgan fingerprint density at radius 2 is 1.87 bits per heavy atom. The highest BCUT2D eigenvalue weighted by Gasteiger charge is 2.34. The smallest absolute Gasteiger partial charge is 0.254 e. The number of sulfonamides is 1. The maximum Gasteiger partial charge on any atom is 0.254 e. The van der Waals surface area contributed by atoms with Gasteiger partial charge in [0.25, 0.3) is 5.91 Å². The van der Waals surface area contributed by atoms with E-state index in [9.17, 15) is 18.0 Å². The number of hydrogen-bond acceptors (Lipinski definition) is 6. The molecule has 1 aliphatic rings. The Balaban J connectivity index is 1.60. The number of fused-ring (bicyclic) bond motifs is 1. The molecule has 0 unspecified atom stereocenters. The van der Waals surface area contributed by atoms with Crippen molar-refractivity contribution < 1.29 is 18.0 Å². The Bertz CT molecular complexity index is 1170. The monoisotopic (exact) mass is 461 g/mol. The number of amides is 2. The fourth-order valence-electron chi connectivity index (χ4n) is 3.48. The van der Waals surface area contributed by atoms with Crippen molar-refractivity contribution in [1.29, 1.82) is 0 Å². The molecule has 2 aromatic heterocycles. The Morgan fingerprint density at radius 1 is 1.10 bits per heavy atom. The summed E-state index contributed by atoms with van der Waals surface area (Å²) in [5, 5.41) is 4.05. The number of thiophene rings is 2. The molecule has 3 heterocycles. The van der Waals surface area contributed by atoms with E-state index < -0.39 is 22.5 Å². The van der Waals surface area contributed by atoms with Crippen LogP contribution in [0.4, 0.5) is 0 Å². The number of primary amides is 1. The van der Waals surface area contributed by atoms with Gasteiger partial charge in [-0.25, -0.2) is 13.1 Å². The number of nitrogens with two attached hydrogens (primary N) is 1. The largest absolute Gasteiger partial charge is 0.369 e. The molecule has 2 amide bonds. The summed E-state index contributed by atoms with van der Waals surface area (Å²) in [7, 11) is -3.87. The lowest BCUT2D eigenvalue weighted by Gasteiger charge is -2.35. The molecule has 30 heavy (non-hydrogen) atoms. The van der Waals surface area contributed by atoms with Crippen molar-refractivity contribution >= 4 is 44.5 Å². The van der Waals surface area contributed by atoms with E-state index >= 15 is 0 Å². The van der Waals surface area contributed by atoms with Gasteiger partial charge >= 0.3 is 0 Å². The number of carbonyl (C=O) groups excluding carboxylic acids is 2. The van der Waals surface area contributed by atoms with Gasteiger partial charge in [0, 0.05) is 21.9 Å². The van der Waals surface area contributed by atoms with Crippen LogP contribution in [0, 0.1) is 0 Å². The highest BCUT2D eigenvalue weighted by Crippen LogP contribution is 2.40. The molecule has 0 aliphatic carbocycles. The second-order valence-corrected chi connectivity index (χ2v) is 10.5. The first-order valence-electron chi connectivity index (χ1n) is 9.15. The summed E-state index contributed by atoms with van der Waals surface area (Å²) in [6.07, 6.45) is 0.796. The summed E-state index contributed by atoms with van der Waals surface area (Å²) in [5.74, 6) is -0.929. The molecule has 0 fully saturated rings. The van der Waals surface area contributed by atoms with E-state index in [0.29, 0.717) is 12.1 Å². The molecule has 0 bridgehead atoms. The molecular weight excluding hydrogens is 442 g/mol. The molecule has 1 aliphatic heterocycles. The van der Waals surface area contributed by atoms with Crippen LogP contribution in [0.1, 0.15) is 31.7 Å². The summed E-state index contributed by atoms with van der Waals surface area (Å²) in [5.41, 5.74) is 6.55. The van der Waals surface area contributed by atoms with Crippen molar-refractivity contribution in [2.45, 2.75) is 17.4 Å². The number of nitrogens with one attached hydrogen (secondary N) is 1. The minimum absolute atomic E-state index is 0.0335. The van der Waals surface area contributed by atoms with Crippen LogP contribution in [0.2, 0.25) is 0 Å². The highest BCUT2D eigenvalue weighted by molar-refractivity contribution is 7.89. The van der Waals surface area contributed by atoms with Gasteiger partial charge in [0.05, 0.1) is 17.5 Å². The normalized spacial score (nSPS) is 16.3. The van der Waals surface area contributed by atoms with Crippen molar-refractivity contribution in [2.75, 3.05) is 13.1 Å². The van der Waals surface area contributed by atoms with E-state index in [-0.39, 0.29) is 16.8 Å². The van der Waals surface area contributed by atoms with Crippen LogP contribution in [-0.2, 0) is 21.2 Å². The van der Waals surface area contributed by atoms with Gasteiger partial charge in [0.2, 0.25) is 15.9 Å². The molecule has 10 heteroatoms. The first kappa shape index (κ1) is 20.7. The molecule has 0 saturated heterocycles. The zero-order valence-electron chi connectivity index (χ0n) is 15.8. The lowest BCUT2D eigenvalue weighted by atomic mass is 9.97. The molecule has 0 spiro atoms. The molecule has 4 rings (SSSR count). The van der Waals surface area contributed by atoms with Crippen molar-refractivity contribution in [3.8, 4) is 0 Å². The number of benzene rings is 1. The topological polar surface area (TPSA) is 110 Å². The summed E-state index contributed by atoms with van der Waals surface area (Å²) < 4.78 is 26.6. The van der Waals surface area contributed by atoms with Crippen molar-refractivity contribution in [2.24, 2.45) is 5.73 Å². The first-order chi connectivity index (χ1) is 14.4. The molecular formula is C20H19N3O4S3. The molecule has 1 atom stereocenters. The van der Waals surface area contributed by atoms with E-state index in [2.05, 4.69) is 16.2 Å². The van der Waals surface area contributed by atoms with Crippen molar-refractivity contribution in [1.82, 2.24) is 9.62 Å². The summed E-state index contributed by atoms with van der Waals surface area (Å²) in [4.78, 5) is 28.4. The van der Waals surface area contributed by atoms with Crippen LogP contribution in [0.25, 0.3) is 0 Å². The minimum atomic E-state index is -3.87. The van der Waals surface area contributed by atoms with Gasteiger partial charge in [0.15, 0.2) is 0 Å². The lowest BCUT2D eigenvalue weighted by Crippen LogP contribution is -2.39. The van der Waals surface area contributed by atoms with Crippen LogP contribution in [0.3, 0.4) is 0 Å². The Hall–Kier alpha value is -2.53. The third kappa shape index (κ3) is 4.04. The van der Waals surface area contributed by atoms with E-state index in [1.165, 1.54) is 29.1 Å². The van der Waals surface area contributed by atoms with Crippen molar-refractivity contribution in [3.05, 3.63) is 74.1 Å². The molecule has 1 aromatic carbocycles.